The Hall–Kier alpha value is -4.38. The minimum Gasteiger partial charge on any atom is -0.456 e. The zero-order chi connectivity index (χ0) is 26.0. The molecule has 2 heterocycles. The number of pyridine rings is 1. The summed E-state index contributed by atoms with van der Waals surface area (Å²) in [6.45, 7) is 5.87. The largest absolute Gasteiger partial charge is 0.456 e. The first kappa shape index (κ1) is 24.3. The first-order valence-corrected chi connectivity index (χ1v) is 12.4. The summed E-state index contributed by atoms with van der Waals surface area (Å²) in [5.41, 5.74) is 4.78. The highest BCUT2D eigenvalue weighted by molar-refractivity contribution is 6.05. The SMILES string of the molecule is CC(C)(C)OC(=O)c1c[nH]c2cccc(Cn3cc(C(c4ccccc4)c4ccccc4)ccc3=O)c12. The third-order valence-electron chi connectivity index (χ3n) is 6.36. The molecule has 5 rings (SSSR count). The number of ether oxygens (including phenoxy) is 1. The van der Waals surface area contributed by atoms with Crippen molar-refractivity contribution in [3.05, 3.63) is 142 Å². The molecule has 5 heteroatoms. The molecule has 0 bridgehead atoms. The molecular weight excluding hydrogens is 460 g/mol. The summed E-state index contributed by atoms with van der Waals surface area (Å²) in [6.07, 6.45) is 3.62. The van der Waals surface area contributed by atoms with E-state index in [0.717, 1.165) is 33.2 Å². The maximum absolute atomic E-state index is 13.0. The minimum absolute atomic E-state index is 0.0189. The monoisotopic (exact) mass is 490 g/mol. The summed E-state index contributed by atoms with van der Waals surface area (Å²) in [6, 6.07) is 29.9. The number of carbonyl (C=O) groups is 1. The van der Waals surface area contributed by atoms with Crippen molar-refractivity contribution in [3.63, 3.8) is 0 Å². The second-order valence-electron chi connectivity index (χ2n) is 10.2. The van der Waals surface area contributed by atoms with Crippen LogP contribution < -0.4 is 5.56 Å². The number of fused-ring (bicyclic) bond motifs is 1. The molecule has 0 saturated heterocycles. The Morgan fingerprint density at radius 2 is 1.49 bits per heavy atom. The van der Waals surface area contributed by atoms with Crippen molar-refractivity contribution in [2.24, 2.45) is 0 Å². The number of nitrogens with one attached hydrogen (secondary N) is 1. The molecule has 0 spiro atoms. The Kier molecular flexibility index (Phi) is 6.53. The summed E-state index contributed by atoms with van der Waals surface area (Å²) in [4.78, 5) is 29.1. The highest BCUT2D eigenvalue weighted by Crippen LogP contribution is 2.32. The number of nitrogens with zero attached hydrogens (tertiary/aromatic N) is 1. The maximum atomic E-state index is 13.0. The number of H-pyrrole nitrogens is 1. The van der Waals surface area contributed by atoms with E-state index >= 15 is 0 Å². The highest BCUT2D eigenvalue weighted by atomic mass is 16.6. The van der Waals surface area contributed by atoms with Gasteiger partial charge in [-0.2, -0.15) is 0 Å². The smallest absolute Gasteiger partial charge is 0.340 e. The predicted octanol–water partition coefficient (Wildman–Crippen LogP) is 6.51. The van der Waals surface area contributed by atoms with Crippen LogP contribution in [0.1, 0.15) is 59.3 Å². The zero-order valence-electron chi connectivity index (χ0n) is 21.3. The van der Waals surface area contributed by atoms with Crippen LogP contribution in [-0.2, 0) is 11.3 Å². The summed E-state index contributed by atoms with van der Waals surface area (Å²) < 4.78 is 7.36. The molecule has 37 heavy (non-hydrogen) atoms. The fraction of sp³-hybridized carbons (Fsp3) is 0.188. The molecule has 0 radical (unpaired) electrons. The van der Waals surface area contributed by atoms with Gasteiger partial charge >= 0.3 is 5.97 Å². The lowest BCUT2D eigenvalue weighted by molar-refractivity contribution is 0.00718. The molecule has 0 atom stereocenters. The van der Waals surface area contributed by atoms with E-state index in [1.165, 1.54) is 0 Å². The highest BCUT2D eigenvalue weighted by Gasteiger charge is 2.23. The molecule has 2 aromatic heterocycles. The number of carbonyl (C=O) groups excluding carboxylic acids is 1. The van der Waals surface area contributed by atoms with Crippen LogP contribution >= 0.6 is 0 Å². The molecule has 0 aliphatic heterocycles. The molecule has 5 aromatic rings. The van der Waals surface area contributed by atoms with Crippen molar-refractivity contribution in [3.8, 4) is 0 Å². The van der Waals surface area contributed by atoms with E-state index < -0.39 is 5.60 Å². The molecule has 5 nitrogen and oxygen atoms in total. The molecule has 0 unspecified atom stereocenters. The van der Waals surface area contributed by atoms with Gasteiger partial charge in [-0.1, -0.05) is 78.9 Å². The van der Waals surface area contributed by atoms with Crippen molar-refractivity contribution in [2.45, 2.75) is 38.8 Å². The molecule has 0 saturated carbocycles. The number of esters is 1. The third kappa shape index (κ3) is 5.26. The fourth-order valence-electron chi connectivity index (χ4n) is 4.78. The van der Waals surface area contributed by atoms with E-state index in [4.69, 9.17) is 4.74 Å². The van der Waals surface area contributed by atoms with Crippen molar-refractivity contribution in [2.75, 3.05) is 0 Å². The van der Waals surface area contributed by atoms with Gasteiger partial charge in [-0.15, -0.1) is 0 Å². The Balaban J connectivity index is 1.57. The van der Waals surface area contributed by atoms with Crippen LogP contribution in [0.3, 0.4) is 0 Å². The summed E-state index contributed by atoms with van der Waals surface area (Å²) in [5.74, 6) is -0.407. The standard InChI is InChI=1S/C32H30N2O3/c1-32(2,3)37-31(36)26-19-33-27-16-10-15-24(30(26)27)20-34-21-25(17-18-28(34)35)29(22-11-6-4-7-12-22)23-13-8-5-9-14-23/h4-19,21,29,33H,20H2,1-3H3. The van der Waals surface area contributed by atoms with Crippen LogP contribution in [0.5, 0.6) is 0 Å². The molecular formula is C32H30N2O3. The molecule has 3 aromatic carbocycles. The van der Waals surface area contributed by atoms with Gasteiger partial charge in [0.25, 0.3) is 5.56 Å². The van der Waals surface area contributed by atoms with Crippen LogP contribution in [0, 0.1) is 0 Å². The lowest BCUT2D eigenvalue weighted by atomic mass is 9.86. The van der Waals surface area contributed by atoms with Gasteiger partial charge < -0.3 is 14.3 Å². The Bertz CT molecular complexity index is 1550. The number of benzene rings is 3. The number of hydrogen-bond donors (Lipinski definition) is 1. The van der Waals surface area contributed by atoms with Crippen molar-refractivity contribution >= 4 is 16.9 Å². The lowest BCUT2D eigenvalue weighted by Crippen LogP contribution is -2.24. The predicted molar refractivity (Wildman–Crippen MR) is 147 cm³/mol. The summed E-state index contributed by atoms with van der Waals surface area (Å²) in [7, 11) is 0. The van der Waals surface area contributed by atoms with Crippen LogP contribution in [0.4, 0.5) is 0 Å². The molecule has 0 amide bonds. The first-order valence-electron chi connectivity index (χ1n) is 12.4. The third-order valence-corrected chi connectivity index (χ3v) is 6.36. The van der Waals surface area contributed by atoms with Crippen molar-refractivity contribution in [1.82, 2.24) is 9.55 Å². The van der Waals surface area contributed by atoms with E-state index in [1.807, 2.05) is 87.6 Å². The Morgan fingerprint density at radius 3 is 2.11 bits per heavy atom. The first-order chi connectivity index (χ1) is 17.8. The van der Waals surface area contributed by atoms with Crippen molar-refractivity contribution < 1.29 is 9.53 Å². The van der Waals surface area contributed by atoms with E-state index in [9.17, 15) is 9.59 Å². The van der Waals surface area contributed by atoms with Crippen LogP contribution in [0.2, 0.25) is 0 Å². The summed E-state index contributed by atoms with van der Waals surface area (Å²) >= 11 is 0. The number of hydrogen-bond acceptors (Lipinski definition) is 3. The van der Waals surface area contributed by atoms with E-state index in [0.29, 0.717) is 12.1 Å². The second kappa shape index (κ2) is 9.94. The Morgan fingerprint density at radius 1 is 0.838 bits per heavy atom. The second-order valence-corrected chi connectivity index (χ2v) is 10.2. The van der Waals surface area contributed by atoms with Crippen LogP contribution in [0.25, 0.3) is 10.9 Å². The number of rotatable bonds is 6. The van der Waals surface area contributed by atoms with Crippen LogP contribution in [-0.4, -0.2) is 21.1 Å². The fourth-order valence-corrected chi connectivity index (χ4v) is 4.78. The molecule has 186 valence electrons. The Labute approximate surface area is 216 Å². The van der Waals surface area contributed by atoms with Crippen LogP contribution in [0.15, 0.2) is 108 Å². The summed E-state index contributed by atoms with van der Waals surface area (Å²) in [5, 5.41) is 0.775. The van der Waals surface area contributed by atoms with Crippen molar-refractivity contribution in [1.29, 1.82) is 0 Å². The van der Waals surface area contributed by atoms with Gasteiger partial charge in [0, 0.05) is 35.3 Å². The van der Waals surface area contributed by atoms with Gasteiger partial charge in [0.15, 0.2) is 0 Å². The maximum Gasteiger partial charge on any atom is 0.340 e. The van der Waals surface area contributed by atoms with Gasteiger partial charge in [0.1, 0.15) is 5.60 Å². The van der Waals surface area contributed by atoms with E-state index in [2.05, 4.69) is 29.2 Å². The topological polar surface area (TPSA) is 64.1 Å². The molecule has 0 fully saturated rings. The van der Waals surface area contributed by atoms with E-state index in [-0.39, 0.29) is 17.4 Å². The average molecular weight is 491 g/mol. The zero-order valence-corrected chi connectivity index (χ0v) is 21.3. The lowest BCUT2D eigenvalue weighted by Gasteiger charge is -2.20. The average Bonchev–Trinajstić information content (AvgIpc) is 3.32. The number of aromatic nitrogens is 2. The molecule has 1 N–H and O–H groups in total. The van der Waals surface area contributed by atoms with E-state index in [1.54, 1.807) is 16.8 Å². The van der Waals surface area contributed by atoms with Gasteiger partial charge in [-0.3, -0.25) is 4.79 Å². The molecule has 0 aliphatic carbocycles. The number of aromatic amines is 1. The van der Waals surface area contributed by atoms with Gasteiger partial charge in [-0.25, -0.2) is 4.79 Å². The van der Waals surface area contributed by atoms with Gasteiger partial charge in [0.2, 0.25) is 0 Å². The quantitative estimate of drug-likeness (QED) is 0.276. The van der Waals surface area contributed by atoms with Gasteiger partial charge in [0.05, 0.1) is 12.1 Å². The normalized spacial score (nSPS) is 11.7. The van der Waals surface area contributed by atoms with Gasteiger partial charge in [-0.05, 0) is 49.1 Å². The molecule has 0 aliphatic rings. The minimum atomic E-state index is -0.606.